The molecule has 0 aromatic rings. The first-order chi connectivity index (χ1) is 5.72. The summed E-state index contributed by atoms with van der Waals surface area (Å²) in [6.07, 6.45) is -0.532. The standard InChI is InChI=1S/C9H18N2O2/c1-7(2)6-11(10)8(12)13-9(3,4)5/h1,6,10H2,2-5H3. The molecule has 0 aromatic heterocycles. The third-order valence-corrected chi connectivity index (χ3v) is 1.07. The largest absolute Gasteiger partial charge is 0.443 e. The van der Waals surface area contributed by atoms with Gasteiger partial charge in [0.15, 0.2) is 0 Å². The minimum Gasteiger partial charge on any atom is -0.443 e. The summed E-state index contributed by atoms with van der Waals surface area (Å²) in [5, 5.41) is 1.01. The minimum atomic E-state index is -0.532. The van der Waals surface area contributed by atoms with Gasteiger partial charge in [-0.3, -0.25) is 0 Å². The normalized spacial score (nSPS) is 10.8. The van der Waals surface area contributed by atoms with E-state index in [1.165, 1.54) is 0 Å². The van der Waals surface area contributed by atoms with Crippen LogP contribution in [0.1, 0.15) is 27.7 Å². The second-order valence-corrected chi connectivity index (χ2v) is 4.07. The molecule has 1 amide bonds. The Labute approximate surface area is 79.3 Å². The smallest absolute Gasteiger partial charge is 0.424 e. The van der Waals surface area contributed by atoms with Gasteiger partial charge in [0.2, 0.25) is 0 Å². The van der Waals surface area contributed by atoms with Gasteiger partial charge in [-0.1, -0.05) is 12.2 Å². The lowest BCUT2D eigenvalue weighted by atomic mass is 10.2. The summed E-state index contributed by atoms with van der Waals surface area (Å²) in [6, 6.07) is 0. The van der Waals surface area contributed by atoms with E-state index in [2.05, 4.69) is 6.58 Å². The topological polar surface area (TPSA) is 55.6 Å². The lowest BCUT2D eigenvalue weighted by Gasteiger charge is -2.24. The lowest BCUT2D eigenvalue weighted by Crippen LogP contribution is -2.42. The van der Waals surface area contributed by atoms with Crippen molar-refractivity contribution in [3.05, 3.63) is 12.2 Å². The van der Waals surface area contributed by atoms with Crippen molar-refractivity contribution in [1.82, 2.24) is 5.01 Å². The van der Waals surface area contributed by atoms with Gasteiger partial charge in [0.1, 0.15) is 5.60 Å². The maximum Gasteiger partial charge on any atom is 0.424 e. The molecule has 2 N–H and O–H groups in total. The number of rotatable bonds is 2. The first-order valence-corrected chi connectivity index (χ1v) is 4.12. The fraction of sp³-hybridized carbons (Fsp3) is 0.667. The molecular formula is C9H18N2O2. The SMILES string of the molecule is C=C(C)CN(N)C(=O)OC(C)(C)C. The van der Waals surface area contributed by atoms with E-state index in [4.69, 9.17) is 10.6 Å². The molecule has 0 aromatic carbocycles. The molecule has 0 aliphatic rings. The summed E-state index contributed by atoms with van der Waals surface area (Å²) >= 11 is 0. The summed E-state index contributed by atoms with van der Waals surface area (Å²) in [6.45, 7) is 11.1. The number of nitrogens with two attached hydrogens (primary N) is 1. The van der Waals surface area contributed by atoms with Crippen molar-refractivity contribution >= 4 is 6.09 Å². The lowest BCUT2D eigenvalue weighted by molar-refractivity contribution is 0.0265. The Morgan fingerprint density at radius 2 is 2.00 bits per heavy atom. The number of nitrogens with zero attached hydrogens (tertiary/aromatic N) is 1. The van der Waals surface area contributed by atoms with Gasteiger partial charge in [-0.2, -0.15) is 0 Å². The highest BCUT2D eigenvalue weighted by atomic mass is 16.6. The number of carbonyl (C=O) groups excluding carboxylic acids is 1. The molecule has 4 heteroatoms. The number of ether oxygens (including phenoxy) is 1. The fourth-order valence-corrected chi connectivity index (χ4v) is 0.676. The van der Waals surface area contributed by atoms with Gasteiger partial charge in [0, 0.05) is 0 Å². The Balaban J connectivity index is 4.05. The second-order valence-electron chi connectivity index (χ2n) is 4.07. The zero-order valence-corrected chi connectivity index (χ0v) is 8.76. The fourth-order valence-electron chi connectivity index (χ4n) is 0.676. The average molecular weight is 186 g/mol. The molecule has 0 unspecified atom stereocenters. The number of hydrazine groups is 1. The molecule has 0 aliphatic heterocycles. The van der Waals surface area contributed by atoms with Crippen LogP contribution in [-0.2, 0) is 4.74 Å². The molecule has 0 radical (unpaired) electrons. The highest BCUT2D eigenvalue weighted by Gasteiger charge is 2.19. The van der Waals surface area contributed by atoms with Crippen LogP contribution < -0.4 is 5.84 Å². The molecule has 13 heavy (non-hydrogen) atoms. The van der Waals surface area contributed by atoms with Crippen molar-refractivity contribution in [2.75, 3.05) is 6.54 Å². The number of hydrogen-bond acceptors (Lipinski definition) is 3. The van der Waals surface area contributed by atoms with Gasteiger partial charge >= 0.3 is 6.09 Å². The molecule has 4 nitrogen and oxygen atoms in total. The van der Waals surface area contributed by atoms with Crippen molar-refractivity contribution < 1.29 is 9.53 Å². The third-order valence-electron chi connectivity index (χ3n) is 1.07. The molecule has 0 saturated carbocycles. The van der Waals surface area contributed by atoms with Crippen molar-refractivity contribution in [2.24, 2.45) is 5.84 Å². The monoisotopic (exact) mass is 186 g/mol. The predicted molar refractivity (Wildman–Crippen MR) is 51.9 cm³/mol. The van der Waals surface area contributed by atoms with Gasteiger partial charge in [-0.15, -0.1) is 0 Å². The first kappa shape index (κ1) is 12.0. The zero-order valence-electron chi connectivity index (χ0n) is 8.76. The molecule has 0 bridgehead atoms. The molecule has 0 fully saturated rings. The number of amides is 1. The molecular weight excluding hydrogens is 168 g/mol. The van der Waals surface area contributed by atoms with Crippen LogP contribution in [-0.4, -0.2) is 23.2 Å². The zero-order chi connectivity index (χ0) is 10.6. The van der Waals surface area contributed by atoms with Crippen LogP contribution in [0.2, 0.25) is 0 Å². The molecule has 0 aliphatic carbocycles. The van der Waals surface area contributed by atoms with Crippen LogP contribution in [0, 0.1) is 0 Å². The van der Waals surface area contributed by atoms with Crippen molar-refractivity contribution in [3.63, 3.8) is 0 Å². The highest BCUT2D eigenvalue weighted by Crippen LogP contribution is 2.08. The van der Waals surface area contributed by atoms with Crippen molar-refractivity contribution in [2.45, 2.75) is 33.3 Å². The summed E-state index contributed by atoms with van der Waals surface area (Å²) in [7, 11) is 0. The van der Waals surface area contributed by atoms with E-state index >= 15 is 0 Å². The minimum absolute atomic E-state index is 0.314. The van der Waals surface area contributed by atoms with E-state index in [0.29, 0.717) is 6.54 Å². The molecule has 0 heterocycles. The number of hydrogen-bond donors (Lipinski definition) is 1. The Kier molecular flexibility index (Phi) is 3.94. The van der Waals surface area contributed by atoms with Gasteiger partial charge in [-0.05, 0) is 27.7 Å². The molecule has 0 spiro atoms. The van der Waals surface area contributed by atoms with E-state index in [9.17, 15) is 4.79 Å². The van der Waals surface area contributed by atoms with E-state index in [0.717, 1.165) is 10.6 Å². The molecule has 0 atom stereocenters. The Bertz CT molecular complexity index is 206. The van der Waals surface area contributed by atoms with Crippen LogP contribution in [0.3, 0.4) is 0 Å². The molecule has 0 saturated heterocycles. The Morgan fingerprint density at radius 1 is 1.54 bits per heavy atom. The van der Waals surface area contributed by atoms with Gasteiger partial charge in [0.25, 0.3) is 0 Å². The van der Waals surface area contributed by atoms with E-state index in [1.807, 2.05) is 0 Å². The molecule has 0 rings (SSSR count). The van der Waals surface area contributed by atoms with Crippen molar-refractivity contribution in [3.8, 4) is 0 Å². The van der Waals surface area contributed by atoms with E-state index < -0.39 is 11.7 Å². The average Bonchev–Trinajstić information content (AvgIpc) is 1.81. The van der Waals surface area contributed by atoms with Crippen LogP contribution in [0.4, 0.5) is 4.79 Å². The summed E-state index contributed by atoms with van der Waals surface area (Å²) in [4.78, 5) is 11.2. The summed E-state index contributed by atoms with van der Waals surface area (Å²) in [5.74, 6) is 5.42. The quantitative estimate of drug-likeness (QED) is 0.309. The molecule has 76 valence electrons. The summed E-state index contributed by atoms with van der Waals surface area (Å²) in [5.41, 5.74) is 0.303. The maximum atomic E-state index is 11.2. The van der Waals surface area contributed by atoms with E-state index in [-0.39, 0.29) is 0 Å². The van der Waals surface area contributed by atoms with Crippen molar-refractivity contribution in [1.29, 1.82) is 0 Å². The number of carbonyl (C=O) groups is 1. The van der Waals surface area contributed by atoms with Gasteiger partial charge in [-0.25, -0.2) is 15.6 Å². The van der Waals surface area contributed by atoms with Gasteiger partial charge < -0.3 is 4.74 Å². The van der Waals surface area contributed by atoms with Gasteiger partial charge in [0.05, 0.1) is 6.54 Å². The van der Waals surface area contributed by atoms with E-state index in [1.54, 1.807) is 27.7 Å². The van der Waals surface area contributed by atoms with Crippen LogP contribution in [0.5, 0.6) is 0 Å². The Morgan fingerprint density at radius 3 is 2.31 bits per heavy atom. The first-order valence-electron chi connectivity index (χ1n) is 4.12. The Hall–Kier alpha value is -1.03. The maximum absolute atomic E-state index is 11.2. The predicted octanol–water partition coefficient (Wildman–Crippen LogP) is 1.67. The third kappa shape index (κ3) is 6.16. The highest BCUT2D eigenvalue weighted by molar-refractivity contribution is 5.67. The summed E-state index contributed by atoms with van der Waals surface area (Å²) < 4.78 is 5.02. The van der Waals surface area contributed by atoms with Crippen LogP contribution >= 0.6 is 0 Å². The second kappa shape index (κ2) is 4.28. The van der Waals surface area contributed by atoms with Crippen LogP contribution in [0.25, 0.3) is 0 Å². The van der Waals surface area contributed by atoms with Crippen LogP contribution in [0.15, 0.2) is 12.2 Å².